The lowest BCUT2D eigenvalue weighted by Crippen LogP contribution is -2.24. The van der Waals surface area contributed by atoms with Gasteiger partial charge in [-0.05, 0) is 49.7 Å². The molecule has 136 valence electrons. The minimum absolute atomic E-state index is 0.211. The lowest BCUT2D eigenvalue weighted by molar-refractivity contribution is 0.0887. The summed E-state index contributed by atoms with van der Waals surface area (Å²) in [5.74, 6) is 1.48. The van der Waals surface area contributed by atoms with Gasteiger partial charge < -0.3 is 14.6 Å². The number of aliphatic hydroxyl groups excluding tert-OH is 1. The molecule has 3 rings (SSSR count). The summed E-state index contributed by atoms with van der Waals surface area (Å²) in [7, 11) is 0. The molecule has 0 amide bonds. The van der Waals surface area contributed by atoms with Crippen LogP contribution in [-0.4, -0.2) is 27.6 Å². The molecule has 0 fully saturated rings. The van der Waals surface area contributed by atoms with Crippen molar-refractivity contribution >= 4 is 0 Å². The van der Waals surface area contributed by atoms with E-state index in [-0.39, 0.29) is 6.61 Å². The summed E-state index contributed by atoms with van der Waals surface area (Å²) in [5, 5.41) is 14.5. The van der Waals surface area contributed by atoms with Crippen LogP contribution in [0.5, 0.6) is 11.5 Å². The van der Waals surface area contributed by atoms with Crippen molar-refractivity contribution in [3.8, 4) is 11.5 Å². The summed E-state index contributed by atoms with van der Waals surface area (Å²) in [6.07, 6.45) is -0.623. The predicted molar refractivity (Wildman–Crippen MR) is 100 cm³/mol. The molecule has 0 aliphatic rings. The minimum atomic E-state index is -0.623. The fraction of sp³-hybridized carbons (Fsp3) is 0.286. The van der Waals surface area contributed by atoms with Gasteiger partial charge >= 0.3 is 0 Å². The van der Waals surface area contributed by atoms with Crippen LogP contribution < -0.4 is 9.47 Å². The summed E-state index contributed by atoms with van der Waals surface area (Å²) in [4.78, 5) is 0. The Morgan fingerprint density at radius 2 is 1.62 bits per heavy atom. The molecule has 5 nitrogen and oxygen atoms in total. The Hall–Kier alpha value is -2.79. The summed E-state index contributed by atoms with van der Waals surface area (Å²) in [6, 6.07) is 19.4. The van der Waals surface area contributed by atoms with Gasteiger partial charge in [-0.3, -0.25) is 4.68 Å². The third-order valence-electron chi connectivity index (χ3n) is 4.00. The maximum Gasteiger partial charge on any atom is 0.120 e. The van der Waals surface area contributed by atoms with Crippen molar-refractivity contribution in [2.75, 3.05) is 6.61 Å². The standard InChI is InChI=1S/C21H24N2O3/c1-16-12-17(2)23(22-16)13-19(24)15-26-21-10-8-20(9-11-21)25-14-18-6-4-3-5-7-18/h3-12,19,24H,13-15H2,1-2H3. The van der Waals surface area contributed by atoms with Crippen LogP contribution in [0.3, 0.4) is 0 Å². The van der Waals surface area contributed by atoms with E-state index in [0.29, 0.717) is 18.9 Å². The van der Waals surface area contributed by atoms with E-state index in [9.17, 15) is 5.11 Å². The summed E-state index contributed by atoms with van der Waals surface area (Å²) >= 11 is 0. The van der Waals surface area contributed by atoms with Crippen molar-refractivity contribution in [3.05, 3.63) is 77.6 Å². The Balaban J connectivity index is 1.45. The monoisotopic (exact) mass is 352 g/mol. The molecule has 0 saturated carbocycles. The predicted octanol–water partition coefficient (Wildman–Crippen LogP) is 3.52. The number of aliphatic hydroxyl groups is 1. The van der Waals surface area contributed by atoms with E-state index >= 15 is 0 Å². The van der Waals surface area contributed by atoms with Gasteiger partial charge in [0, 0.05) is 5.69 Å². The van der Waals surface area contributed by atoms with Gasteiger partial charge in [-0.1, -0.05) is 30.3 Å². The zero-order chi connectivity index (χ0) is 18.4. The Kier molecular flexibility index (Phi) is 5.92. The van der Waals surface area contributed by atoms with E-state index < -0.39 is 6.10 Å². The van der Waals surface area contributed by atoms with E-state index in [2.05, 4.69) is 5.10 Å². The van der Waals surface area contributed by atoms with Crippen LogP contribution in [0.25, 0.3) is 0 Å². The normalized spacial score (nSPS) is 12.0. The smallest absolute Gasteiger partial charge is 0.120 e. The molecule has 0 bridgehead atoms. The molecule has 1 aromatic heterocycles. The maximum atomic E-state index is 10.2. The lowest BCUT2D eigenvalue weighted by atomic mass is 10.2. The number of rotatable bonds is 8. The van der Waals surface area contributed by atoms with Gasteiger partial charge in [0.15, 0.2) is 0 Å². The van der Waals surface area contributed by atoms with Crippen molar-refractivity contribution in [1.29, 1.82) is 0 Å². The van der Waals surface area contributed by atoms with Crippen LogP contribution in [0.4, 0.5) is 0 Å². The van der Waals surface area contributed by atoms with Gasteiger partial charge in [0.2, 0.25) is 0 Å². The molecule has 1 N–H and O–H groups in total. The number of aryl methyl sites for hydroxylation is 2. The first-order chi connectivity index (χ1) is 12.6. The summed E-state index contributed by atoms with van der Waals surface area (Å²) in [5.41, 5.74) is 3.10. The number of nitrogens with zero attached hydrogens (tertiary/aromatic N) is 2. The second-order valence-electron chi connectivity index (χ2n) is 6.32. The van der Waals surface area contributed by atoms with Crippen LogP contribution in [0.1, 0.15) is 17.0 Å². The third-order valence-corrected chi connectivity index (χ3v) is 4.00. The van der Waals surface area contributed by atoms with Gasteiger partial charge in [-0.15, -0.1) is 0 Å². The lowest BCUT2D eigenvalue weighted by Gasteiger charge is -2.14. The molecule has 0 radical (unpaired) electrons. The van der Waals surface area contributed by atoms with Gasteiger partial charge in [-0.25, -0.2) is 0 Å². The second kappa shape index (κ2) is 8.54. The molecule has 0 aliphatic heterocycles. The molecule has 3 aromatic rings. The highest BCUT2D eigenvalue weighted by molar-refractivity contribution is 5.31. The first-order valence-electron chi connectivity index (χ1n) is 8.69. The van der Waals surface area contributed by atoms with Gasteiger partial charge in [0.05, 0.1) is 12.2 Å². The van der Waals surface area contributed by atoms with Gasteiger partial charge in [-0.2, -0.15) is 5.10 Å². The molecule has 1 atom stereocenters. The average Bonchev–Trinajstić information content (AvgIpc) is 2.97. The van der Waals surface area contributed by atoms with Crippen molar-refractivity contribution in [1.82, 2.24) is 9.78 Å². The summed E-state index contributed by atoms with van der Waals surface area (Å²) < 4.78 is 13.2. The molecule has 0 aliphatic carbocycles. The summed E-state index contributed by atoms with van der Waals surface area (Å²) in [6.45, 7) is 5.07. The SMILES string of the molecule is Cc1cc(C)n(CC(O)COc2ccc(OCc3ccccc3)cc2)n1. The van der Waals surface area contributed by atoms with E-state index in [1.807, 2.05) is 74.5 Å². The molecular formula is C21H24N2O3. The fourth-order valence-electron chi connectivity index (χ4n) is 2.68. The molecule has 5 heteroatoms. The molecular weight excluding hydrogens is 328 g/mol. The Labute approximate surface area is 153 Å². The molecule has 0 spiro atoms. The van der Waals surface area contributed by atoms with Crippen LogP contribution in [-0.2, 0) is 13.2 Å². The minimum Gasteiger partial charge on any atom is -0.491 e. The van der Waals surface area contributed by atoms with Crippen LogP contribution in [0.2, 0.25) is 0 Å². The molecule has 2 aromatic carbocycles. The van der Waals surface area contributed by atoms with Crippen LogP contribution in [0, 0.1) is 13.8 Å². The Morgan fingerprint density at radius 3 is 2.23 bits per heavy atom. The van der Waals surface area contributed by atoms with Crippen molar-refractivity contribution in [2.45, 2.75) is 33.1 Å². The van der Waals surface area contributed by atoms with Gasteiger partial charge in [0.1, 0.15) is 30.8 Å². The van der Waals surface area contributed by atoms with Crippen LogP contribution >= 0.6 is 0 Å². The van der Waals surface area contributed by atoms with Crippen molar-refractivity contribution in [3.63, 3.8) is 0 Å². The fourth-order valence-corrected chi connectivity index (χ4v) is 2.68. The average molecular weight is 352 g/mol. The maximum absolute atomic E-state index is 10.2. The zero-order valence-electron chi connectivity index (χ0n) is 15.1. The largest absolute Gasteiger partial charge is 0.491 e. The van der Waals surface area contributed by atoms with Gasteiger partial charge in [0.25, 0.3) is 0 Å². The number of hydrogen-bond donors (Lipinski definition) is 1. The molecule has 0 saturated heterocycles. The second-order valence-corrected chi connectivity index (χ2v) is 6.32. The van der Waals surface area contributed by atoms with E-state index in [4.69, 9.17) is 9.47 Å². The zero-order valence-corrected chi connectivity index (χ0v) is 15.1. The quantitative estimate of drug-likeness (QED) is 0.674. The highest BCUT2D eigenvalue weighted by Gasteiger charge is 2.09. The van der Waals surface area contributed by atoms with Crippen molar-refractivity contribution in [2.24, 2.45) is 0 Å². The number of aromatic nitrogens is 2. The molecule has 26 heavy (non-hydrogen) atoms. The highest BCUT2D eigenvalue weighted by atomic mass is 16.5. The first-order valence-corrected chi connectivity index (χ1v) is 8.69. The van der Waals surface area contributed by atoms with Crippen molar-refractivity contribution < 1.29 is 14.6 Å². The number of hydrogen-bond acceptors (Lipinski definition) is 4. The first kappa shape index (κ1) is 18.0. The Bertz CT molecular complexity index is 813. The molecule has 1 heterocycles. The van der Waals surface area contributed by atoms with E-state index in [0.717, 1.165) is 22.7 Å². The number of benzene rings is 2. The van der Waals surface area contributed by atoms with Crippen LogP contribution in [0.15, 0.2) is 60.7 Å². The van der Waals surface area contributed by atoms with E-state index in [1.54, 1.807) is 4.68 Å². The van der Waals surface area contributed by atoms with E-state index in [1.165, 1.54) is 0 Å². The highest BCUT2D eigenvalue weighted by Crippen LogP contribution is 2.19. The number of ether oxygens (including phenoxy) is 2. The topological polar surface area (TPSA) is 56.5 Å². The third kappa shape index (κ3) is 5.10. The molecule has 1 unspecified atom stereocenters. The Morgan fingerprint density at radius 1 is 0.962 bits per heavy atom.